The molecule has 0 saturated heterocycles. The molecule has 0 aliphatic carbocycles. The van der Waals surface area contributed by atoms with Crippen molar-refractivity contribution in [1.82, 2.24) is 0 Å². The van der Waals surface area contributed by atoms with E-state index in [4.69, 9.17) is 0 Å². The summed E-state index contributed by atoms with van der Waals surface area (Å²) in [5.41, 5.74) is 0. The Hall–Kier alpha value is -0.470. The van der Waals surface area contributed by atoms with Crippen LogP contribution in [0.3, 0.4) is 0 Å². The lowest BCUT2D eigenvalue weighted by Gasteiger charge is -2.01. The van der Waals surface area contributed by atoms with E-state index in [1.807, 2.05) is 0 Å². The van der Waals surface area contributed by atoms with Crippen molar-refractivity contribution < 1.29 is 13.6 Å². The Morgan fingerprint density at radius 2 is 1.00 bits per heavy atom. The molecule has 3 heteroatoms. The van der Waals surface area contributed by atoms with Crippen LogP contribution >= 0.6 is 0 Å². The molecular weight excluding hydrogens is 210 g/mol. The molecule has 96 valence electrons. The molecule has 0 fully saturated rings. The number of hydrogen-bond acceptors (Lipinski definition) is 1. The lowest BCUT2D eigenvalue weighted by molar-refractivity contribution is -0.119. The Bertz CT molecular complexity index is 144. The number of ketones is 1. The van der Waals surface area contributed by atoms with Crippen LogP contribution in [0.1, 0.15) is 64.2 Å². The lowest BCUT2D eigenvalue weighted by Crippen LogP contribution is -1.97. The summed E-state index contributed by atoms with van der Waals surface area (Å²) in [6.45, 7) is -0.495. The summed E-state index contributed by atoms with van der Waals surface area (Å²) < 4.78 is 23.5. The SMILES string of the molecule is O=C(CCCCCCF)CCCCCCF. The van der Waals surface area contributed by atoms with Crippen molar-refractivity contribution in [2.45, 2.75) is 64.2 Å². The van der Waals surface area contributed by atoms with Crippen LogP contribution in [0, 0.1) is 0 Å². The lowest BCUT2D eigenvalue weighted by atomic mass is 10.0. The highest BCUT2D eigenvalue weighted by Gasteiger charge is 2.01. The first-order valence-electron chi connectivity index (χ1n) is 6.45. The Balaban J connectivity index is 3.12. The third kappa shape index (κ3) is 11.6. The molecule has 0 bridgehead atoms. The zero-order valence-corrected chi connectivity index (χ0v) is 10.1. The van der Waals surface area contributed by atoms with Crippen LogP contribution in [-0.4, -0.2) is 19.1 Å². The summed E-state index contributed by atoms with van der Waals surface area (Å²) in [4.78, 5) is 11.4. The maximum atomic E-state index is 11.8. The monoisotopic (exact) mass is 234 g/mol. The molecule has 0 aromatic rings. The van der Waals surface area contributed by atoms with Crippen molar-refractivity contribution in [1.29, 1.82) is 0 Å². The molecule has 0 aliphatic heterocycles. The number of Topliss-reactive ketones (excluding diaryl/α,β-unsaturated/α-hetero) is 1. The molecule has 0 spiro atoms. The van der Waals surface area contributed by atoms with E-state index < -0.39 is 0 Å². The predicted octanol–water partition coefficient (Wildman–Crippen LogP) is 4.40. The minimum atomic E-state index is -0.248. The van der Waals surface area contributed by atoms with Crippen molar-refractivity contribution in [3.63, 3.8) is 0 Å². The molecule has 16 heavy (non-hydrogen) atoms. The van der Waals surface area contributed by atoms with Crippen LogP contribution in [0.15, 0.2) is 0 Å². The summed E-state index contributed by atoms with van der Waals surface area (Å²) >= 11 is 0. The zero-order chi connectivity index (χ0) is 12.1. The molecule has 0 aromatic carbocycles. The standard InChI is InChI=1S/C13H24F2O/c14-11-7-3-1-5-9-13(16)10-6-2-4-8-12-15/h1-12H2. The predicted molar refractivity (Wildman–Crippen MR) is 63.1 cm³/mol. The third-order valence-corrected chi connectivity index (χ3v) is 2.68. The minimum Gasteiger partial charge on any atom is -0.300 e. The van der Waals surface area contributed by atoms with Gasteiger partial charge in [-0.3, -0.25) is 13.6 Å². The van der Waals surface area contributed by atoms with Gasteiger partial charge < -0.3 is 0 Å². The molecule has 0 aliphatic rings. The van der Waals surface area contributed by atoms with E-state index in [9.17, 15) is 13.6 Å². The van der Waals surface area contributed by atoms with Crippen LogP contribution in [0.4, 0.5) is 8.78 Å². The van der Waals surface area contributed by atoms with E-state index in [0.717, 1.165) is 38.5 Å². The normalized spacial score (nSPS) is 10.6. The Morgan fingerprint density at radius 3 is 1.38 bits per heavy atom. The third-order valence-electron chi connectivity index (χ3n) is 2.68. The maximum Gasteiger partial charge on any atom is 0.132 e. The number of rotatable bonds is 12. The fraction of sp³-hybridized carbons (Fsp3) is 0.923. The van der Waals surface area contributed by atoms with Crippen LogP contribution in [0.25, 0.3) is 0 Å². The molecule has 0 saturated carbocycles. The fourth-order valence-electron chi connectivity index (χ4n) is 1.67. The van der Waals surface area contributed by atoms with Crippen molar-refractivity contribution in [3.05, 3.63) is 0 Å². The molecule has 0 heterocycles. The van der Waals surface area contributed by atoms with E-state index >= 15 is 0 Å². The molecule has 0 N–H and O–H groups in total. The van der Waals surface area contributed by atoms with Gasteiger partial charge >= 0.3 is 0 Å². The van der Waals surface area contributed by atoms with Crippen LogP contribution < -0.4 is 0 Å². The number of unbranched alkanes of at least 4 members (excludes halogenated alkanes) is 6. The number of carbonyl (C=O) groups excluding carboxylic acids is 1. The first-order chi connectivity index (χ1) is 7.81. The van der Waals surface area contributed by atoms with Gasteiger partial charge in [0.15, 0.2) is 0 Å². The highest BCUT2D eigenvalue weighted by molar-refractivity contribution is 5.78. The highest BCUT2D eigenvalue weighted by atomic mass is 19.1. The number of halogens is 2. The Labute approximate surface area is 97.6 Å². The first-order valence-corrected chi connectivity index (χ1v) is 6.45. The number of carbonyl (C=O) groups is 1. The van der Waals surface area contributed by atoms with Gasteiger partial charge in [-0.15, -0.1) is 0 Å². The second-order valence-electron chi connectivity index (χ2n) is 4.25. The van der Waals surface area contributed by atoms with Gasteiger partial charge in [0.05, 0.1) is 13.3 Å². The summed E-state index contributed by atoms with van der Waals surface area (Å²) in [6.07, 6.45) is 7.99. The van der Waals surface area contributed by atoms with Gasteiger partial charge in [-0.05, 0) is 25.7 Å². The quantitative estimate of drug-likeness (QED) is 0.457. The van der Waals surface area contributed by atoms with Crippen LogP contribution in [0.2, 0.25) is 0 Å². The van der Waals surface area contributed by atoms with Crippen LogP contribution in [0.5, 0.6) is 0 Å². The molecule has 0 rings (SSSR count). The van der Waals surface area contributed by atoms with Gasteiger partial charge in [0.1, 0.15) is 5.78 Å². The summed E-state index contributed by atoms with van der Waals surface area (Å²) in [5, 5.41) is 0. The zero-order valence-electron chi connectivity index (χ0n) is 10.1. The van der Waals surface area contributed by atoms with Crippen molar-refractivity contribution in [2.24, 2.45) is 0 Å². The van der Waals surface area contributed by atoms with Gasteiger partial charge in [0, 0.05) is 12.8 Å². The van der Waals surface area contributed by atoms with E-state index in [1.54, 1.807) is 0 Å². The Kier molecular flexibility index (Phi) is 12.2. The minimum absolute atomic E-state index is 0.248. The fourth-order valence-corrected chi connectivity index (χ4v) is 1.67. The molecule has 0 radical (unpaired) electrons. The second kappa shape index (κ2) is 12.6. The second-order valence-corrected chi connectivity index (χ2v) is 4.25. The van der Waals surface area contributed by atoms with Gasteiger partial charge in [-0.2, -0.15) is 0 Å². The molecular formula is C13H24F2O. The smallest absolute Gasteiger partial charge is 0.132 e. The summed E-state index contributed by atoms with van der Waals surface area (Å²) in [6, 6.07) is 0. The molecule has 0 aromatic heterocycles. The molecule has 0 atom stereocenters. The van der Waals surface area contributed by atoms with Crippen molar-refractivity contribution in [3.8, 4) is 0 Å². The van der Waals surface area contributed by atoms with Gasteiger partial charge in [-0.25, -0.2) is 0 Å². The molecule has 0 amide bonds. The highest BCUT2D eigenvalue weighted by Crippen LogP contribution is 2.09. The van der Waals surface area contributed by atoms with E-state index in [-0.39, 0.29) is 13.3 Å². The van der Waals surface area contributed by atoms with Gasteiger partial charge in [0.25, 0.3) is 0 Å². The Morgan fingerprint density at radius 1 is 0.625 bits per heavy atom. The summed E-state index contributed by atoms with van der Waals surface area (Å²) in [5.74, 6) is 0.306. The van der Waals surface area contributed by atoms with Crippen molar-refractivity contribution >= 4 is 5.78 Å². The molecule has 1 nitrogen and oxygen atoms in total. The average molecular weight is 234 g/mol. The number of alkyl halides is 2. The van der Waals surface area contributed by atoms with Crippen LogP contribution in [-0.2, 0) is 4.79 Å². The topological polar surface area (TPSA) is 17.1 Å². The van der Waals surface area contributed by atoms with Gasteiger partial charge in [-0.1, -0.05) is 25.7 Å². The largest absolute Gasteiger partial charge is 0.300 e. The summed E-state index contributed by atoms with van der Waals surface area (Å²) in [7, 11) is 0. The van der Waals surface area contributed by atoms with E-state index in [2.05, 4.69) is 0 Å². The van der Waals surface area contributed by atoms with E-state index in [1.165, 1.54) is 0 Å². The van der Waals surface area contributed by atoms with Crippen molar-refractivity contribution in [2.75, 3.05) is 13.3 Å². The maximum absolute atomic E-state index is 11.8. The van der Waals surface area contributed by atoms with E-state index in [0.29, 0.717) is 31.5 Å². The molecule has 0 unspecified atom stereocenters. The number of hydrogen-bond donors (Lipinski definition) is 0. The van der Waals surface area contributed by atoms with Gasteiger partial charge in [0.2, 0.25) is 0 Å². The first kappa shape index (κ1) is 15.5. The average Bonchev–Trinajstić information content (AvgIpc) is 2.28.